The van der Waals surface area contributed by atoms with E-state index in [2.05, 4.69) is 47.2 Å². The molecule has 0 aromatic heterocycles. The maximum atomic E-state index is 5.65. The van der Waals surface area contributed by atoms with Gasteiger partial charge in [-0.2, -0.15) is 0 Å². The Morgan fingerprint density at radius 3 is 2.42 bits per heavy atom. The molecule has 2 nitrogen and oxygen atoms in total. The van der Waals surface area contributed by atoms with Crippen molar-refractivity contribution in [2.24, 2.45) is 5.41 Å². The molecule has 0 bridgehead atoms. The van der Waals surface area contributed by atoms with E-state index in [0.29, 0.717) is 5.41 Å². The summed E-state index contributed by atoms with van der Waals surface area (Å²) >= 11 is 2.22. The molecule has 72 valence electrons. The molecule has 0 aliphatic carbocycles. The molecule has 12 heavy (non-hydrogen) atoms. The lowest BCUT2D eigenvalue weighted by Crippen LogP contribution is -2.39. The molecular weight excluding hydrogens is 265 g/mol. The summed E-state index contributed by atoms with van der Waals surface area (Å²) in [6.07, 6.45) is 2.43. The van der Waals surface area contributed by atoms with Crippen LogP contribution in [0.4, 0.5) is 0 Å². The first-order valence-electron chi connectivity index (χ1n) is 4.43. The lowest BCUT2D eigenvalue weighted by Gasteiger charge is -2.25. The molecule has 3 heteroatoms. The van der Waals surface area contributed by atoms with Gasteiger partial charge in [0, 0.05) is 28.4 Å². The lowest BCUT2D eigenvalue weighted by molar-refractivity contribution is 0.0615. The molecule has 1 aliphatic rings. The fraction of sp³-hybridized carbons (Fsp3) is 1.00. The highest BCUT2D eigenvalue weighted by atomic mass is 127. The summed E-state index contributed by atoms with van der Waals surface area (Å²) in [6, 6.07) is 0. The summed E-state index contributed by atoms with van der Waals surface area (Å²) in [5.74, 6) is 0. The molecule has 1 atom stereocenters. The minimum absolute atomic E-state index is 0.175. The predicted molar refractivity (Wildman–Crippen MR) is 59.4 cm³/mol. The molecule has 1 N–H and O–H groups in total. The first-order chi connectivity index (χ1) is 5.47. The quantitative estimate of drug-likeness (QED) is 0.590. The van der Waals surface area contributed by atoms with E-state index >= 15 is 0 Å². The van der Waals surface area contributed by atoms with Crippen LogP contribution in [-0.4, -0.2) is 18.8 Å². The summed E-state index contributed by atoms with van der Waals surface area (Å²) in [4.78, 5) is 0. The monoisotopic (exact) mass is 283 g/mol. The minimum atomic E-state index is 0.175. The van der Waals surface area contributed by atoms with Crippen molar-refractivity contribution in [3.63, 3.8) is 0 Å². The van der Waals surface area contributed by atoms with Crippen molar-refractivity contribution < 1.29 is 4.74 Å². The van der Waals surface area contributed by atoms with Crippen LogP contribution in [0, 0.1) is 5.41 Å². The zero-order valence-electron chi connectivity index (χ0n) is 8.11. The number of hydrogen-bond acceptors (Lipinski definition) is 2. The van der Waals surface area contributed by atoms with Gasteiger partial charge in [-0.1, -0.05) is 13.8 Å². The molecule has 1 rings (SSSR count). The van der Waals surface area contributed by atoms with Gasteiger partial charge in [-0.3, -0.25) is 3.53 Å². The Hall–Kier alpha value is 0.650. The normalized spacial score (nSPS) is 36.0. The number of halogens is 1. The standard InChI is InChI=1S/C9H18INO/c1-8(2)4-5-9(3,11-10)7-12-6-8/h11H,4-7H2,1-3H3. The maximum absolute atomic E-state index is 5.65. The van der Waals surface area contributed by atoms with Gasteiger partial charge < -0.3 is 4.74 Å². The van der Waals surface area contributed by atoms with E-state index in [-0.39, 0.29) is 5.54 Å². The van der Waals surface area contributed by atoms with Crippen molar-refractivity contribution in [1.29, 1.82) is 0 Å². The van der Waals surface area contributed by atoms with E-state index in [4.69, 9.17) is 4.74 Å². The molecule has 0 amide bonds. The van der Waals surface area contributed by atoms with Gasteiger partial charge in [0.2, 0.25) is 0 Å². The summed E-state index contributed by atoms with van der Waals surface area (Å²) in [5, 5.41) is 0. The number of rotatable bonds is 1. The highest BCUT2D eigenvalue weighted by Gasteiger charge is 2.31. The number of hydrogen-bond donors (Lipinski definition) is 1. The zero-order chi connectivity index (χ0) is 9.24. The molecule has 1 fully saturated rings. The highest BCUT2D eigenvalue weighted by molar-refractivity contribution is 14.1. The Balaban J connectivity index is 2.56. The Morgan fingerprint density at radius 1 is 1.17 bits per heavy atom. The number of nitrogens with one attached hydrogen (secondary N) is 1. The van der Waals surface area contributed by atoms with Crippen molar-refractivity contribution in [2.75, 3.05) is 13.2 Å². The Morgan fingerprint density at radius 2 is 1.83 bits per heavy atom. The van der Waals surface area contributed by atoms with E-state index in [1.165, 1.54) is 12.8 Å². The van der Waals surface area contributed by atoms with Crippen LogP contribution in [0.3, 0.4) is 0 Å². The van der Waals surface area contributed by atoms with Gasteiger partial charge in [-0.25, -0.2) is 0 Å². The zero-order valence-corrected chi connectivity index (χ0v) is 10.3. The fourth-order valence-corrected chi connectivity index (χ4v) is 1.81. The first-order valence-corrected chi connectivity index (χ1v) is 5.51. The van der Waals surface area contributed by atoms with E-state index in [0.717, 1.165) is 13.2 Å². The van der Waals surface area contributed by atoms with Gasteiger partial charge in [0.1, 0.15) is 0 Å². The third-order valence-corrected chi connectivity index (χ3v) is 3.80. The average Bonchev–Trinajstić information content (AvgIpc) is 2.13. The smallest absolute Gasteiger partial charge is 0.0653 e. The van der Waals surface area contributed by atoms with Crippen LogP contribution in [0.5, 0.6) is 0 Å². The predicted octanol–water partition coefficient (Wildman–Crippen LogP) is 2.52. The van der Waals surface area contributed by atoms with E-state index in [9.17, 15) is 0 Å². The van der Waals surface area contributed by atoms with Crippen molar-refractivity contribution in [2.45, 2.75) is 39.2 Å². The van der Waals surface area contributed by atoms with Crippen LogP contribution in [-0.2, 0) is 4.74 Å². The van der Waals surface area contributed by atoms with Crippen molar-refractivity contribution in [3.05, 3.63) is 0 Å². The van der Waals surface area contributed by atoms with E-state index in [1.54, 1.807) is 0 Å². The van der Waals surface area contributed by atoms with Crippen molar-refractivity contribution >= 4 is 22.9 Å². The second-order valence-electron chi connectivity index (χ2n) is 4.81. The molecule has 0 aromatic carbocycles. The molecular formula is C9H18INO. The van der Waals surface area contributed by atoms with Crippen LogP contribution in [0.25, 0.3) is 0 Å². The molecule has 1 unspecified atom stereocenters. The van der Waals surface area contributed by atoms with E-state index < -0.39 is 0 Å². The third kappa shape index (κ3) is 2.85. The van der Waals surface area contributed by atoms with Gasteiger partial charge >= 0.3 is 0 Å². The summed E-state index contributed by atoms with van der Waals surface area (Å²) in [5.41, 5.74) is 0.527. The minimum Gasteiger partial charge on any atom is -0.379 e. The molecule has 1 aliphatic heterocycles. The molecule has 0 radical (unpaired) electrons. The van der Waals surface area contributed by atoms with Gasteiger partial charge in [-0.15, -0.1) is 0 Å². The number of ether oxygens (including phenoxy) is 1. The van der Waals surface area contributed by atoms with Crippen LogP contribution in [0.15, 0.2) is 0 Å². The highest BCUT2D eigenvalue weighted by Crippen LogP contribution is 2.31. The van der Waals surface area contributed by atoms with Crippen LogP contribution in [0.2, 0.25) is 0 Å². The lowest BCUT2D eigenvalue weighted by atomic mass is 9.85. The molecule has 1 heterocycles. The third-order valence-electron chi connectivity index (χ3n) is 2.50. The maximum Gasteiger partial charge on any atom is 0.0653 e. The fourth-order valence-electron chi connectivity index (χ4n) is 1.39. The molecule has 0 saturated carbocycles. The molecule has 1 saturated heterocycles. The van der Waals surface area contributed by atoms with Crippen molar-refractivity contribution in [1.82, 2.24) is 3.53 Å². The van der Waals surface area contributed by atoms with E-state index in [1.807, 2.05) is 0 Å². The van der Waals surface area contributed by atoms with Crippen molar-refractivity contribution in [3.8, 4) is 0 Å². The van der Waals surface area contributed by atoms with Crippen LogP contribution < -0.4 is 3.53 Å². The first kappa shape index (κ1) is 10.7. The summed E-state index contributed by atoms with van der Waals surface area (Å²) in [7, 11) is 0. The van der Waals surface area contributed by atoms with Crippen LogP contribution >= 0.6 is 22.9 Å². The van der Waals surface area contributed by atoms with Gasteiger partial charge in [0.05, 0.1) is 13.2 Å². The van der Waals surface area contributed by atoms with Gasteiger partial charge in [0.25, 0.3) is 0 Å². The van der Waals surface area contributed by atoms with Gasteiger partial charge in [-0.05, 0) is 25.2 Å². The Labute approximate surface area is 88.9 Å². The SMILES string of the molecule is CC1(C)CCC(C)(NI)COC1. The Kier molecular flexibility index (Phi) is 3.40. The average molecular weight is 283 g/mol. The topological polar surface area (TPSA) is 21.3 Å². The van der Waals surface area contributed by atoms with Crippen LogP contribution in [0.1, 0.15) is 33.6 Å². The molecule has 0 aromatic rings. The Bertz CT molecular complexity index is 161. The largest absolute Gasteiger partial charge is 0.379 e. The van der Waals surface area contributed by atoms with Gasteiger partial charge in [0.15, 0.2) is 0 Å². The summed E-state index contributed by atoms with van der Waals surface area (Å²) in [6.45, 7) is 8.49. The molecule has 0 spiro atoms. The second-order valence-corrected chi connectivity index (χ2v) is 5.35. The summed E-state index contributed by atoms with van der Waals surface area (Å²) < 4.78 is 8.95. The second kappa shape index (κ2) is 3.80.